The maximum atomic E-state index is 12.4. The molecule has 0 radical (unpaired) electrons. The molecule has 3 aromatic rings. The summed E-state index contributed by atoms with van der Waals surface area (Å²) in [4.78, 5) is 12.4. The minimum Gasteiger partial charge on any atom is -0.488 e. The normalized spacial score (nSPS) is 11.1. The number of carbonyl (C=O) groups is 1. The van der Waals surface area contributed by atoms with Crippen LogP contribution in [-0.4, -0.2) is 17.1 Å². The third-order valence-electron chi connectivity index (χ3n) is 4.18. The van der Waals surface area contributed by atoms with Crippen LogP contribution in [0.4, 0.5) is 0 Å². The summed E-state index contributed by atoms with van der Waals surface area (Å²) < 4.78 is 13.3. The second kappa shape index (κ2) is 8.09. The molecular weight excluding hydrogens is 326 g/mol. The summed E-state index contributed by atoms with van der Waals surface area (Å²) in [6.45, 7) is 7.69. The van der Waals surface area contributed by atoms with Crippen LogP contribution in [-0.2, 0) is 17.9 Å². The van der Waals surface area contributed by atoms with Crippen LogP contribution in [0.5, 0.6) is 5.75 Å². The van der Waals surface area contributed by atoms with Crippen molar-refractivity contribution in [3.05, 3.63) is 65.9 Å². The second-order valence-electron chi connectivity index (χ2n) is 6.72. The van der Waals surface area contributed by atoms with Crippen LogP contribution in [0.2, 0.25) is 0 Å². The summed E-state index contributed by atoms with van der Waals surface area (Å²) in [5.41, 5.74) is 2.68. The Morgan fingerprint density at radius 2 is 1.85 bits per heavy atom. The molecule has 26 heavy (non-hydrogen) atoms. The first-order chi connectivity index (χ1) is 12.6. The lowest BCUT2D eigenvalue weighted by Gasteiger charge is -2.13. The van der Waals surface area contributed by atoms with Crippen LogP contribution in [0, 0.1) is 5.92 Å². The maximum absolute atomic E-state index is 12.4. The fourth-order valence-electron chi connectivity index (χ4n) is 3.05. The Morgan fingerprint density at radius 1 is 1.08 bits per heavy atom. The number of esters is 1. The van der Waals surface area contributed by atoms with Crippen LogP contribution >= 0.6 is 0 Å². The quantitative estimate of drug-likeness (QED) is 0.559. The predicted octanol–water partition coefficient (Wildman–Crippen LogP) is 5.05. The lowest BCUT2D eigenvalue weighted by molar-refractivity contribution is 0.0513. The zero-order valence-corrected chi connectivity index (χ0v) is 15.6. The SMILES string of the molecule is CCOC(=O)c1cc2c(OCc3ccccc3)cccc2n1CC(C)C. The van der Waals surface area contributed by atoms with Gasteiger partial charge >= 0.3 is 5.97 Å². The number of aromatic nitrogens is 1. The molecule has 1 heterocycles. The third-order valence-corrected chi connectivity index (χ3v) is 4.18. The molecule has 0 bridgehead atoms. The molecule has 0 saturated carbocycles. The number of carbonyl (C=O) groups excluding carboxylic acids is 1. The van der Waals surface area contributed by atoms with Crippen molar-refractivity contribution >= 4 is 16.9 Å². The zero-order chi connectivity index (χ0) is 18.5. The van der Waals surface area contributed by atoms with E-state index in [9.17, 15) is 4.79 Å². The second-order valence-corrected chi connectivity index (χ2v) is 6.72. The molecule has 0 atom stereocenters. The largest absolute Gasteiger partial charge is 0.488 e. The van der Waals surface area contributed by atoms with Gasteiger partial charge in [-0.05, 0) is 36.6 Å². The van der Waals surface area contributed by atoms with Gasteiger partial charge in [0.2, 0.25) is 0 Å². The Hall–Kier alpha value is -2.75. The van der Waals surface area contributed by atoms with E-state index in [1.165, 1.54) is 0 Å². The van der Waals surface area contributed by atoms with Gasteiger partial charge in [-0.15, -0.1) is 0 Å². The number of hydrogen-bond acceptors (Lipinski definition) is 3. The first-order valence-corrected chi connectivity index (χ1v) is 9.06. The zero-order valence-electron chi connectivity index (χ0n) is 15.6. The van der Waals surface area contributed by atoms with Gasteiger partial charge in [-0.3, -0.25) is 0 Å². The van der Waals surface area contributed by atoms with E-state index in [1.807, 2.05) is 66.1 Å². The molecule has 4 heteroatoms. The summed E-state index contributed by atoms with van der Waals surface area (Å²) in [7, 11) is 0. The van der Waals surface area contributed by atoms with Gasteiger partial charge in [0.05, 0.1) is 12.1 Å². The molecule has 3 rings (SSSR count). The van der Waals surface area contributed by atoms with Crippen molar-refractivity contribution in [1.82, 2.24) is 4.57 Å². The molecule has 4 nitrogen and oxygen atoms in total. The average molecular weight is 351 g/mol. The van der Waals surface area contributed by atoms with Crippen LogP contribution in [0.15, 0.2) is 54.6 Å². The van der Waals surface area contributed by atoms with E-state index in [-0.39, 0.29) is 5.97 Å². The number of fused-ring (bicyclic) bond motifs is 1. The molecule has 0 N–H and O–H groups in total. The highest BCUT2D eigenvalue weighted by Gasteiger charge is 2.19. The van der Waals surface area contributed by atoms with Gasteiger partial charge in [-0.25, -0.2) is 4.79 Å². The van der Waals surface area contributed by atoms with Crippen LogP contribution in [0.25, 0.3) is 10.9 Å². The number of nitrogens with zero attached hydrogens (tertiary/aromatic N) is 1. The molecule has 0 aliphatic heterocycles. The first kappa shape index (κ1) is 18.1. The Balaban J connectivity index is 1.98. The highest BCUT2D eigenvalue weighted by molar-refractivity contribution is 5.98. The molecule has 0 aliphatic rings. The smallest absolute Gasteiger partial charge is 0.354 e. The molecule has 136 valence electrons. The van der Waals surface area contributed by atoms with Crippen LogP contribution in [0.3, 0.4) is 0 Å². The summed E-state index contributed by atoms with van der Waals surface area (Å²) in [6, 6.07) is 17.9. The van der Waals surface area contributed by atoms with E-state index >= 15 is 0 Å². The van der Waals surface area contributed by atoms with Crippen molar-refractivity contribution in [2.45, 2.75) is 33.9 Å². The highest BCUT2D eigenvalue weighted by atomic mass is 16.5. The molecular formula is C22H25NO3. The number of ether oxygens (including phenoxy) is 2. The molecule has 0 spiro atoms. The number of rotatable bonds is 7. The van der Waals surface area contributed by atoms with Crippen LogP contribution < -0.4 is 4.74 Å². The van der Waals surface area contributed by atoms with E-state index in [0.717, 1.165) is 28.8 Å². The van der Waals surface area contributed by atoms with Gasteiger partial charge in [0.25, 0.3) is 0 Å². The topological polar surface area (TPSA) is 40.5 Å². The maximum Gasteiger partial charge on any atom is 0.354 e. The van der Waals surface area contributed by atoms with Gasteiger partial charge in [-0.2, -0.15) is 0 Å². The van der Waals surface area contributed by atoms with Gasteiger partial charge in [0.15, 0.2) is 0 Å². The standard InChI is InChI=1S/C22H25NO3/c1-4-25-22(24)20-13-18-19(23(20)14-16(2)3)11-8-12-21(18)26-15-17-9-6-5-7-10-17/h5-13,16H,4,14-15H2,1-3H3. The van der Waals surface area contributed by atoms with Gasteiger partial charge in [-0.1, -0.05) is 50.2 Å². The van der Waals surface area contributed by atoms with Gasteiger partial charge < -0.3 is 14.0 Å². The van der Waals surface area contributed by atoms with E-state index in [1.54, 1.807) is 0 Å². The molecule has 0 aliphatic carbocycles. The van der Waals surface area contributed by atoms with Crippen molar-refractivity contribution in [3.8, 4) is 5.75 Å². The summed E-state index contributed by atoms with van der Waals surface area (Å²) >= 11 is 0. The summed E-state index contributed by atoms with van der Waals surface area (Å²) in [6.07, 6.45) is 0. The monoisotopic (exact) mass is 351 g/mol. The van der Waals surface area contributed by atoms with E-state index < -0.39 is 0 Å². The van der Waals surface area contributed by atoms with Crippen molar-refractivity contribution in [2.24, 2.45) is 5.92 Å². The summed E-state index contributed by atoms with van der Waals surface area (Å²) in [5.74, 6) is 0.894. The predicted molar refractivity (Wildman–Crippen MR) is 104 cm³/mol. The van der Waals surface area contributed by atoms with Gasteiger partial charge in [0.1, 0.15) is 18.1 Å². The minimum atomic E-state index is -0.293. The highest BCUT2D eigenvalue weighted by Crippen LogP contribution is 2.30. The lowest BCUT2D eigenvalue weighted by atomic mass is 10.2. The number of hydrogen-bond donors (Lipinski definition) is 0. The molecule has 0 amide bonds. The lowest BCUT2D eigenvalue weighted by Crippen LogP contribution is -2.14. The van der Waals surface area contributed by atoms with Gasteiger partial charge in [0, 0.05) is 11.9 Å². The average Bonchev–Trinajstić information content (AvgIpc) is 3.00. The van der Waals surface area contributed by atoms with Crippen molar-refractivity contribution in [2.75, 3.05) is 6.61 Å². The van der Waals surface area contributed by atoms with Crippen molar-refractivity contribution in [1.29, 1.82) is 0 Å². The molecule has 1 aromatic heterocycles. The minimum absolute atomic E-state index is 0.293. The Bertz CT molecular complexity index is 881. The fourth-order valence-corrected chi connectivity index (χ4v) is 3.05. The van der Waals surface area contributed by atoms with Crippen molar-refractivity contribution < 1.29 is 14.3 Å². The van der Waals surface area contributed by atoms with E-state index in [2.05, 4.69) is 13.8 Å². The molecule has 2 aromatic carbocycles. The fraction of sp³-hybridized carbons (Fsp3) is 0.318. The Kier molecular flexibility index (Phi) is 5.61. The van der Waals surface area contributed by atoms with Crippen LogP contribution in [0.1, 0.15) is 36.8 Å². The third kappa shape index (κ3) is 3.90. The van der Waals surface area contributed by atoms with Crippen molar-refractivity contribution in [3.63, 3.8) is 0 Å². The molecule has 0 saturated heterocycles. The number of benzene rings is 2. The molecule has 0 unspecified atom stereocenters. The van der Waals surface area contributed by atoms with E-state index in [4.69, 9.17) is 9.47 Å². The summed E-state index contributed by atoms with van der Waals surface area (Å²) in [5, 5.41) is 0.937. The Morgan fingerprint density at radius 3 is 2.54 bits per heavy atom. The molecule has 0 fully saturated rings. The first-order valence-electron chi connectivity index (χ1n) is 9.06. The van der Waals surface area contributed by atoms with E-state index in [0.29, 0.717) is 24.8 Å². The Labute approximate surface area is 154 Å².